The summed E-state index contributed by atoms with van der Waals surface area (Å²) >= 11 is 0. The van der Waals surface area contributed by atoms with Gasteiger partial charge in [0.05, 0.1) is 5.66 Å². The van der Waals surface area contributed by atoms with Gasteiger partial charge in [-0.15, -0.1) is 0 Å². The van der Waals surface area contributed by atoms with E-state index in [1.54, 1.807) is 0 Å². The topological polar surface area (TPSA) is 171 Å². The van der Waals surface area contributed by atoms with E-state index in [0.29, 0.717) is 0 Å². The van der Waals surface area contributed by atoms with E-state index in [-0.39, 0.29) is 0 Å². The Morgan fingerprint density at radius 3 is 2.57 bits per heavy atom. The van der Waals surface area contributed by atoms with Gasteiger partial charge in [0.25, 0.3) is 5.56 Å². The number of hydrogen-bond acceptors (Lipinski definition) is 8. The molecule has 0 radical (unpaired) electrons. The molecule has 0 amide bonds. The zero-order chi connectivity index (χ0) is 15.8. The van der Waals surface area contributed by atoms with Crippen LogP contribution in [0.4, 0.5) is 0 Å². The standard InChI is InChI=1S/C10H11N2O8P/c13-6-1-3-12(10(16)11-6)9-8(15)7(14)5(20-9)2-4-21(17,18)19/h1,3,5,7-9,14-15H,(H,11,13,16)(H2,17,18,19)/p-1/t5-,7-,8-,9-/m1/s1. The fraction of sp³-hybridized carbons (Fsp3) is 0.400. The van der Waals surface area contributed by atoms with E-state index in [4.69, 9.17) is 9.63 Å². The van der Waals surface area contributed by atoms with Crippen molar-refractivity contribution in [3.05, 3.63) is 33.1 Å². The van der Waals surface area contributed by atoms with Gasteiger partial charge in [-0.25, -0.2) is 9.69 Å². The Hall–Kier alpha value is -1.57. The predicted octanol–water partition coefficient (Wildman–Crippen LogP) is -4.41. The van der Waals surface area contributed by atoms with Crippen LogP contribution in [0.1, 0.15) is 6.23 Å². The van der Waals surface area contributed by atoms with Crippen LogP contribution in [0.5, 0.6) is 0 Å². The summed E-state index contributed by atoms with van der Waals surface area (Å²) in [6.45, 7) is 0. The third-order valence-electron chi connectivity index (χ3n) is 2.71. The summed E-state index contributed by atoms with van der Waals surface area (Å²) in [5.41, 5.74) is -0.0695. The van der Waals surface area contributed by atoms with Gasteiger partial charge in [-0.05, 0) is 5.92 Å². The van der Waals surface area contributed by atoms with Gasteiger partial charge in [0, 0.05) is 12.3 Å². The highest BCUT2D eigenvalue weighted by Crippen LogP contribution is 2.33. The van der Waals surface area contributed by atoms with Crippen molar-refractivity contribution in [1.82, 2.24) is 9.55 Å². The first kappa shape index (κ1) is 15.8. The highest BCUT2D eigenvalue weighted by Gasteiger charge is 2.43. The zero-order valence-electron chi connectivity index (χ0n) is 10.2. The molecule has 1 aromatic rings. The molecular formula is C10H10N2O8P-. The number of hydrogen-bond donors (Lipinski definition) is 4. The minimum absolute atomic E-state index is 0.659. The van der Waals surface area contributed by atoms with Crippen LogP contribution in [0, 0.1) is 11.6 Å². The normalized spacial score (nSPS) is 29.0. The van der Waals surface area contributed by atoms with Crippen LogP contribution in [0.2, 0.25) is 0 Å². The Balaban J connectivity index is 2.29. The molecule has 0 saturated carbocycles. The average molecular weight is 317 g/mol. The highest BCUT2D eigenvalue weighted by molar-refractivity contribution is 7.61. The van der Waals surface area contributed by atoms with Crippen LogP contribution in [0.25, 0.3) is 0 Å². The molecule has 1 aliphatic heterocycles. The molecule has 2 heterocycles. The number of aliphatic hydroxyl groups excluding tert-OH is 2. The van der Waals surface area contributed by atoms with Gasteiger partial charge in [0.15, 0.2) is 12.3 Å². The molecule has 0 unspecified atom stereocenters. The molecule has 1 aliphatic rings. The molecule has 1 saturated heterocycles. The molecule has 4 N–H and O–H groups in total. The maximum absolute atomic E-state index is 11.6. The summed E-state index contributed by atoms with van der Waals surface area (Å²) in [6, 6.07) is 1.00. The maximum Gasteiger partial charge on any atom is 0.330 e. The van der Waals surface area contributed by atoms with Gasteiger partial charge >= 0.3 is 5.69 Å². The van der Waals surface area contributed by atoms with Crippen molar-refractivity contribution in [3.8, 4) is 11.6 Å². The first-order valence-corrected chi connectivity index (χ1v) is 7.16. The summed E-state index contributed by atoms with van der Waals surface area (Å²) in [4.78, 5) is 54.0. The average Bonchev–Trinajstić information content (AvgIpc) is 2.64. The lowest BCUT2D eigenvalue weighted by Gasteiger charge is -2.19. The maximum atomic E-state index is 11.6. The Morgan fingerprint density at radius 2 is 2.00 bits per heavy atom. The summed E-state index contributed by atoms with van der Waals surface area (Å²) < 4.78 is 5.90. The molecule has 21 heavy (non-hydrogen) atoms. The third kappa shape index (κ3) is 3.55. The van der Waals surface area contributed by atoms with Crippen LogP contribution < -0.4 is 21.0 Å². The fourth-order valence-electron chi connectivity index (χ4n) is 1.78. The van der Waals surface area contributed by atoms with Gasteiger partial charge in [-0.1, -0.05) is 0 Å². The number of rotatable bonds is 1. The molecule has 0 bridgehead atoms. The quantitative estimate of drug-likeness (QED) is 0.297. The molecule has 4 atom stereocenters. The smallest absolute Gasteiger partial charge is 0.330 e. The molecule has 0 aliphatic carbocycles. The number of aromatic amines is 1. The number of aliphatic hydroxyl groups is 2. The summed E-state index contributed by atoms with van der Waals surface area (Å²) in [7, 11) is -4.87. The van der Waals surface area contributed by atoms with Crippen LogP contribution in [-0.4, -0.2) is 43.0 Å². The van der Waals surface area contributed by atoms with Crippen LogP contribution in [0.15, 0.2) is 21.9 Å². The van der Waals surface area contributed by atoms with Crippen LogP contribution in [-0.2, 0) is 4.74 Å². The molecule has 1 fully saturated rings. The number of ether oxygens (including phenoxy) is 1. The Bertz CT molecular complexity index is 696. The van der Waals surface area contributed by atoms with Crippen molar-refractivity contribution in [2.24, 2.45) is 0 Å². The Kier molecular flexibility index (Phi) is 4.27. The first-order chi connectivity index (χ1) is 9.69. The van der Waals surface area contributed by atoms with Crippen LogP contribution in [0.3, 0.4) is 0 Å². The van der Waals surface area contributed by atoms with E-state index < -0.39 is 43.7 Å². The minimum atomic E-state index is -4.87. The molecule has 11 heteroatoms. The van der Waals surface area contributed by atoms with Crippen molar-refractivity contribution in [3.63, 3.8) is 0 Å². The van der Waals surface area contributed by atoms with E-state index in [1.807, 2.05) is 10.9 Å². The molecule has 2 rings (SSSR count). The van der Waals surface area contributed by atoms with Gasteiger partial charge in [0.2, 0.25) is 0 Å². The number of H-pyrrole nitrogens is 1. The molecule has 0 aromatic carbocycles. The van der Waals surface area contributed by atoms with Crippen molar-refractivity contribution >= 4 is 7.94 Å². The largest absolute Gasteiger partial charge is 0.649 e. The van der Waals surface area contributed by atoms with Gasteiger partial charge in [-0.2, -0.15) is 0 Å². The number of nitrogens with one attached hydrogen (secondary N) is 1. The van der Waals surface area contributed by atoms with E-state index in [0.717, 1.165) is 16.8 Å². The second kappa shape index (κ2) is 5.67. The lowest BCUT2D eigenvalue weighted by Crippen LogP contribution is -2.37. The number of nitrogens with zero attached hydrogens (tertiary/aromatic N) is 1. The lowest BCUT2D eigenvalue weighted by atomic mass is 10.1. The Labute approximate surface area is 117 Å². The highest BCUT2D eigenvalue weighted by atomic mass is 31.2. The molecule has 10 nitrogen and oxygen atoms in total. The van der Waals surface area contributed by atoms with E-state index in [2.05, 4.69) is 0 Å². The van der Waals surface area contributed by atoms with Gasteiger partial charge < -0.3 is 24.7 Å². The fourth-order valence-corrected chi connectivity index (χ4v) is 2.07. The van der Waals surface area contributed by atoms with Crippen molar-refractivity contribution < 1.29 is 29.6 Å². The molecule has 0 spiro atoms. The monoisotopic (exact) mass is 317 g/mol. The second-order valence-electron chi connectivity index (χ2n) is 4.22. The third-order valence-corrected chi connectivity index (χ3v) is 3.12. The zero-order valence-corrected chi connectivity index (χ0v) is 11.1. The summed E-state index contributed by atoms with van der Waals surface area (Å²) in [5.74, 6) is 1.94. The van der Waals surface area contributed by atoms with E-state index >= 15 is 0 Å². The van der Waals surface area contributed by atoms with Crippen LogP contribution >= 0.6 is 7.94 Å². The SMILES string of the molecule is O=c1ccn([C@@H]2O[C@H](C#C[P+]([O-])([O-])O)[C@@H](O)[C@H]2O)c(=O)[nH]1. The summed E-state index contributed by atoms with van der Waals surface area (Å²) in [6.07, 6.45) is -4.94. The molecule has 114 valence electrons. The van der Waals surface area contributed by atoms with Crippen molar-refractivity contribution in [2.75, 3.05) is 0 Å². The van der Waals surface area contributed by atoms with E-state index in [9.17, 15) is 29.6 Å². The molecular weight excluding hydrogens is 307 g/mol. The van der Waals surface area contributed by atoms with Gasteiger partial charge in [-0.3, -0.25) is 14.3 Å². The summed E-state index contributed by atoms with van der Waals surface area (Å²) in [5, 5.41) is 19.5. The van der Waals surface area contributed by atoms with Crippen molar-refractivity contribution in [2.45, 2.75) is 24.5 Å². The number of aromatic nitrogens is 2. The van der Waals surface area contributed by atoms with Gasteiger partial charge in [0.1, 0.15) is 20.2 Å². The first-order valence-electron chi connectivity index (χ1n) is 5.59. The molecule has 1 aromatic heterocycles. The van der Waals surface area contributed by atoms with Crippen molar-refractivity contribution in [1.29, 1.82) is 0 Å². The predicted molar refractivity (Wildman–Crippen MR) is 64.2 cm³/mol. The minimum Gasteiger partial charge on any atom is -0.649 e. The van der Waals surface area contributed by atoms with E-state index in [1.165, 1.54) is 5.66 Å². The second-order valence-corrected chi connectivity index (χ2v) is 5.49. The Morgan fingerprint density at radius 1 is 1.33 bits per heavy atom. The lowest BCUT2D eigenvalue weighted by molar-refractivity contribution is -0.325.